The Morgan fingerprint density at radius 2 is 1.79 bits per heavy atom. The highest BCUT2D eigenvalue weighted by atomic mass is 32.2. The zero-order chi connectivity index (χ0) is 34.3. The molecule has 4 atom stereocenters. The van der Waals surface area contributed by atoms with Crippen molar-refractivity contribution >= 4 is 27.8 Å². The highest BCUT2D eigenvalue weighted by molar-refractivity contribution is 7.89. The van der Waals surface area contributed by atoms with E-state index >= 15 is 0 Å². The number of hydrogen-bond donors (Lipinski definition) is 4. The van der Waals surface area contributed by atoms with Gasteiger partial charge in [0.25, 0.3) is 0 Å². The fraction of sp³-hybridized carbons (Fsp3) is 0.394. The van der Waals surface area contributed by atoms with E-state index in [1.165, 1.54) is 12.1 Å². The topological polar surface area (TPSA) is 181 Å². The molecule has 0 radical (unpaired) electrons. The zero-order valence-electron chi connectivity index (χ0n) is 26.5. The standard InChI is InChI=1S/C33H40FN5O7S/c1-20-14-21(2)32(22(3)15-20)47(44,45)38-27(33(42)43)17-37-29(40)19-46-25-16-28(31(35)26-6-4-5-13-36-26)39(18-25)30(41)12-9-23-7-10-24(34)11-8-23/h4-8,10-11,13-15,25,27-28,31,38H,9,12,16-19,35H2,1-3H3,(H,37,40)(H,42,43). The number of benzene rings is 2. The Morgan fingerprint density at radius 3 is 2.40 bits per heavy atom. The predicted molar refractivity (Wildman–Crippen MR) is 171 cm³/mol. The van der Waals surface area contributed by atoms with Crippen LogP contribution in [0.2, 0.25) is 0 Å². The van der Waals surface area contributed by atoms with E-state index in [-0.39, 0.29) is 29.6 Å². The second kappa shape index (κ2) is 15.6. The molecule has 2 heterocycles. The Bertz CT molecular complexity index is 1670. The van der Waals surface area contributed by atoms with Crippen LogP contribution in [-0.2, 0) is 35.6 Å². The molecule has 0 aliphatic carbocycles. The Kier molecular flexibility index (Phi) is 11.8. The van der Waals surface area contributed by atoms with Gasteiger partial charge >= 0.3 is 5.97 Å². The van der Waals surface area contributed by atoms with Crippen molar-refractivity contribution in [2.24, 2.45) is 5.73 Å². The minimum Gasteiger partial charge on any atom is -0.480 e. The molecule has 0 bridgehead atoms. The maximum absolute atomic E-state index is 13.4. The van der Waals surface area contributed by atoms with Gasteiger partial charge in [0.15, 0.2) is 0 Å². The molecule has 2 amide bonds. The van der Waals surface area contributed by atoms with Crippen molar-refractivity contribution in [2.45, 2.75) is 69.2 Å². The molecule has 12 nitrogen and oxygen atoms in total. The van der Waals surface area contributed by atoms with E-state index in [9.17, 15) is 32.3 Å². The first-order chi connectivity index (χ1) is 22.2. The van der Waals surface area contributed by atoms with Gasteiger partial charge in [0.1, 0.15) is 18.5 Å². The number of carbonyl (C=O) groups excluding carboxylic acids is 2. The summed E-state index contributed by atoms with van der Waals surface area (Å²) in [7, 11) is -4.22. The van der Waals surface area contributed by atoms with E-state index in [2.05, 4.69) is 15.0 Å². The Morgan fingerprint density at radius 1 is 1.11 bits per heavy atom. The number of likely N-dealkylation sites (tertiary alicyclic amines) is 1. The number of carboxylic acids is 1. The van der Waals surface area contributed by atoms with Crippen LogP contribution in [0.25, 0.3) is 0 Å². The molecular weight excluding hydrogens is 629 g/mol. The van der Waals surface area contributed by atoms with Gasteiger partial charge in [-0.15, -0.1) is 0 Å². The number of aliphatic carboxylic acids is 1. The Balaban J connectivity index is 1.36. The minimum atomic E-state index is -4.22. The van der Waals surface area contributed by atoms with E-state index in [1.807, 2.05) is 6.92 Å². The lowest BCUT2D eigenvalue weighted by atomic mass is 10.0. The number of nitrogens with two attached hydrogens (primary N) is 1. The van der Waals surface area contributed by atoms with E-state index in [0.29, 0.717) is 29.7 Å². The molecule has 4 unspecified atom stereocenters. The number of aromatic nitrogens is 1. The van der Waals surface area contributed by atoms with Gasteiger partial charge in [0.05, 0.1) is 28.8 Å². The second-order valence-corrected chi connectivity index (χ2v) is 13.4. The number of rotatable bonds is 14. The Hall–Kier alpha value is -4.24. The molecular formula is C33H40FN5O7S. The highest BCUT2D eigenvalue weighted by Gasteiger charge is 2.40. The van der Waals surface area contributed by atoms with Crippen LogP contribution in [0, 0.1) is 26.6 Å². The largest absolute Gasteiger partial charge is 0.480 e. The molecule has 0 saturated carbocycles. The highest BCUT2D eigenvalue weighted by Crippen LogP contribution is 2.30. The minimum absolute atomic E-state index is 0.0134. The molecule has 47 heavy (non-hydrogen) atoms. The molecule has 1 fully saturated rings. The number of amides is 2. The number of carboxylic acid groups (broad SMARTS) is 1. The maximum atomic E-state index is 13.4. The van der Waals surface area contributed by atoms with Gasteiger partial charge in [-0.3, -0.25) is 19.4 Å². The lowest BCUT2D eigenvalue weighted by molar-refractivity contribution is -0.139. The summed E-state index contributed by atoms with van der Waals surface area (Å²) >= 11 is 0. The number of nitrogens with zero attached hydrogens (tertiary/aromatic N) is 2. The number of sulfonamides is 1. The molecule has 4 rings (SSSR count). The van der Waals surface area contributed by atoms with Crippen molar-refractivity contribution in [3.63, 3.8) is 0 Å². The number of ether oxygens (including phenoxy) is 1. The van der Waals surface area contributed by atoms with Crippen LogP contribution in [0.4, 0.5) is 4.39 Å². The summed E-state index contributed by atoms with van der Waals surface area (Å²) in [6.45, 7) is 4.26. The molecule has 14 heteroatoms. The van der Waals surface area contributed by atoms with E-state index < -0.39 is 59.3 Å². The van der Waals surface area contributed by atoms with Crippen LogP contribution in [-0.4, -0.2) is 79.1 Å². The smallest absolute Gasteiger partial charge is 0.323 e. The van der Waals surface area contributed by atoms with Crippen molar-refractivity contribution in [3.8, 4) is 0 Å². The fourth-order valence-electron chi connectivity index (χ4n) is 5.87. The molecule has 1 saturated heterocycles. The number of halogens is 1. The third-order valence-corrected chi connectivity index (χ3v) is 9.81. The summed E-state index contributed by atoms with van der Waals surface area (Å²) in [6, 6.07) is 11.9. The lowest BCUT2D eigenvalue weighted by Gasteiger charge is -2.29. The SMILES string of the molecule is Cc1cc(C)c(S(=O)(=O)NC(CNC(=O)COC2CC(C(N)c3ccccn3)N(C(=O)CCc3ccc(F)cc3)C2)C(=O)O)c(C)c1. The van der Waals surface area contributed by atoms with Crippen molar-refractivity contribution in [1.29, 1.82) is 0 Å². The monoisotopic (exact) mass is 669 g/mol. The molecule has 252 valence electrons. The van der Waals surface area contributed by atoms with Crippen molar-refractivity contribution < 1.29 is 37.0 Å². The van der Waals surface area contributed by atoms with Crippen LogP contribution in [0.1, 0.15) is 46.8 Å². The first-order valence-corrected chi connectivity index (χ1v) is 16.6. The summed E-state index contributed by atoms with van der Waals surface area (Å²) in [5.41, 5.74) is 9.75. The van der Waals surface area contributed by atoms with Crippen LogP contribution in [0.5, 0.6) is 0 Å². The lowest BCUT2D eigenvalue weighted by Crippen LogP contribution is -2.49. The Labute approximate surface area is 273 Å². The van der Waals surface area contributed by atoms with E-state index in [1.54, 1.807) is 67.4 Å². The first-order valence-electron chi connectivity index (χ1n) is 15.2. The maximum Gasteiger partial charge on any atom is 0.323 e. The summed E-state index contributed by atoms with van der Waals surface area (Å²) in [6.07, 6.45) is 1.92. The van der Waals surface area contributed by atoms with Crippen molar-refractivity contribution in [1.82, 2.24) is 19.9 Å². The van der Waals surface area contributed by atoms with Gasteiger partial charge in [0, 0.05) is 25.7 Å². The van der Waals surface area contributed by atoms with E-state index in [4.69, 9.17) is 10.5 Å². The molecule has 2 aromatic carbocycles. The third kappa shape index (κ3) is 9.41. The van der Waals surface area contributed by atoms with Gasteiger partial charge in [-0.2, -0.15) is 4.72 Å². The number of hydrogen-bond acceptors (Lipinski definition) is 8. The molecule has 1 aromatic heterocycles. The van der Waals surface area contributed by atoms with Gasteiger partial charge < -0.3 is 25.8 Å². The number of pyridine rings is 1. The van der Waals surface area contributed by atoms with Gasteiger partial charge in [0.2, 0.25) is 21.8 Å². The second-order valence-electron chi connectivity index (χ2n) is 11.7. The summed E-state index contributed by atoms with van der Waals surface area (Å²) in [5, 5.41) is 12.1. The molecule has 1 aliphatic rings. The van der Waals surface area contributed by atoms with Gasteiger partial charge in [-0.1, -0.05) is 35.9 Å². The molecule has 3 aromatic rings. The van der Waals surface area contributed by atoms with Crippen LogP contribution in [0.3, 0.4) is 0 Å². The summed E-state index contributed by atoms with van der Waals surface area (Å²) < 4.78 is 47.5. The average molecular weight is 670 g/mol. The number of aryl methyl sites for hydroxylation is 4. The normalized spacial score (nSPS) is 17.7. The van der Waals surface area contributed by atoms with Crippen molar-refractivity contribution in [3.05, 3.63) is 94.6 Å². The van der Waals surface area contributed by atoms with Crippen LogP contribution < -0.4 is 15.8 Å². The predicted octanol–water partition coefficient (Wildman–Crippen LogP) is 2.31. The van der Waals surface area contributed by atoms with Crippen LogP contribution >= 0.6 is 0 Å². The quantitative estimate of drug-likeness (QED) is 0.200. The average Bonchev–Trinajstić information content (AvgIpc) is 3.45. The molecule has 1 aliphatic heterocycles. The summed E-state index contributed by atoms with van der Waals surface area (Å²) in [4.78, 5) is 43.9. The van der Waals surface area contributed by atoms with Crippen LogP contribution in [0.15, 0.2) is 65.7 Å². The number of nitrogens with one attached hydrogen (secondary N) is 2. The van der Waals surface area contributed by atoms with Crippen molar-refractivity contribution in [2.75, 3.05) is 19.7 Å². The van der Waals surface area contributed by atoms with Gasteiger partial charge in [-0.25, -0.2) is 12.8 Å². The fourth-order valence-corrected chi connectivity index (χ4v) is 7.51. The van der Waals surface area contributed by atoms with E-state index in [0.717, 1.165) is 11.1 Å². The summed E-state index contributed by atoms with van der Waals surface area (Å²) in [5.74, 6) is -2.67. The zero-order valence-corrected chi connectivity index (χ0v) is 27.3. The molecule has 0 spiro atoms. The number of carbonyl (C=O) groups is 3. The van der Waals surface area contributed by atoms with Gasteiger partial charge in [-0.05, 0) is 74.6 Å². The third-order valence-electron chi connectivity index (χ3n) is 8.03. The molecule has 5 N–H and O–H groups in total. The first kappa shape index (κ1) is 35.6.